The van der Waals surface area contributed by atoms with E-state index in [2.05, 4.69) is 10.1 Å². The van der Waals surface area contributed by atoms with Gasteiger partial charge in [-0.2, -0.15) is 0 Å². The van der Waals surface area contributed by atoms with Gasteiger partial charge in [0, 0.05) is 28.2 Å². The average molecular weight is 421 g/mol. The summed E-state index contributed by atoms with van der Waals surface area (Å²) in [5.74, 6) is -1.13. The lowest BCUT2D eigenvalue weighted by molar-refractivity contribution is -0.167. The molecule has 9 nitrogen and oxygen atoms in total. The van der Waals surface area contributed by atoms with Crippen molar-refractivity contribution in [1.29, 1.82) is 4.78 Å². The first-order chi connectivity index (χ1) is 12.8. The van der Waals surface area contributed by atoms with Gasteiger partial charge in [0.15, 0.2) is 0 Å². The number of nitrogens with one attached hydrogen (secondary N) is 2. The molecule has 0 heterocycles. The van der Waals surface area contributed by atoms with Crippen molar-refractivity contribution in [2.45, 2.75) is 77.0 Å². The number of ether oxygens (including phenoxy) is 3. The van der Waals surface area contributed by atoms with Crippen LogP contribution in [0.15, 0.2) is 0 Å². The van der Waals surface area contributed by atoms with Crippen molar-refractivity contribution in [3.63, 3.8) is 0 Å². The third-order valence-electron chi connectivity index (χ3n) is 4.43. The fourth-order valence-corrected chi connectivity index (χ4v) is 4.40. The van der Waals surface area contributed by atoms with E-state index in [0.29, 0.717) is 19.3 Å². The molecule has 0 aromatic rings. The number of esters is 2. The summed E-state index contributed by atoms with van der Waals surface area (Å²) >= 11 is 0. The van der Waals surface area contributed by atoms with Crippen LogP contribution in [-0.2, 0) is 33.5 Å². The van der Waals surface area contributed by atoms with Gasteiger partial charge in [0.05, 0.1) is 7.11 Å². The van der Waals surface area contributed by atoms with Gasteiger partial charge in [-0.3, -0.25) is 9.57 Å². The van der Waals surface area contributed by atoms with Crippen LogP contribution in [0.4, 0.5) is 4.79 Å². The second-order valence-electron chi connectivity index (χ2n) is 8.11. The molecular formula is C18H32N2O7S. The maximum Gasteiger partial charge on any atom is 0.408 e. The highest BCUT2D eigenvalue weighted by Crippen LogP contribution is 2.39. The smallest absolute Gasteiger partial charge is 0.408 e. The van der Waals surface area contributed by atoms with E-state index in [1.807, 2.05) is 0 Å². The highest BCUT2D eigenvalue weighted by Gasteiger charge is 2.40. The molecule has 1 aliphatic carbocycles. The van der Waals surface area contributed by atoms with Gasteiger partial charge in [0.25, 0.3) is 0 Å². The summed E-state index contributed by atoms with van der Waals surface area (Å²) in [4.78, 5) is 35.1. The summed E-state index contributed by atoms with van der Waals surface area (Å²) in [7, 11) is -1.84. The van der Waals surface area contributed by atoms with Crippen molar-refractivity contribution in [3.8, 4) is 0 Å². The van der Waals surface area contributed by atoms with Gasteiger partial charge < -0.3 is 19.5 Å². The maximum absolute atomic E-state index is 12.6. The molecule has 0 saturated heterocycles. The molecule has 0 bridgehead atoms. The largest absolute Gasteiger partial charge is 0.467 e. The lowest BCUT2D eigenvalue weighted by atomic mass is 9.78. The quantitative estimate of drug-likeness (QED) is 0.432. The number of rotatable bonds is 9. The molecule has 1 rings (SSSR count). The van der Waals surface area contributed by atoms with Crippen LogP contribution in [0.1, 0.15) is 59.8 Å². The SMILES string of the molecule is COC(=O)[C@H](CC[S@@](=N)(=O)CCC1(OC(C)=O)CCC1)NC(=O)OC(C)(C)C. The number of carbonyl (C=O) groups is 3. The van der Waals surface area contributed by atoms with E-state index < -0.39 is 39.0 Å². The molecule has 0 radical (unpaired) electrons. The van der Waals surface area contributed by atoms with E-state index in [4.69, 9.17) is 14.3 Å². The van der Waals surface area contributed by atoms with Crippen LogP contribution in [0.2, 0.25) is 0 Å². The summed E-state index contributed by atoms with van der Waals surface area (Å²) in [6, 6.07) is -1.06. The van der Waals surface area contributed by atoms with Crippen molar-refractivity contribution in [3.05, 3.63) is 0 Å². The Morgan fingerprint density at radius 2 is 1.82 bits per heavy atom. The van der Waals surface area contributed by atoms with E-state index in [9.17, 15) is 18.6 Å². The predicted molar refractivity (Wildman–Crippen MR) is 103 cm³/mol. The molecular weight excluding hydrogens is 388 g/mol. The summed E-state index contributed by atoms with van der Waals surface area (Å²) in [5, 5.41) is 2.40. The van der Waals surface area contributed by atoms with E-state index in [1.165, 1.54) is 14.0 Å². The molecule has 0 aromatic heterocycles. The minimum Gasteiger partial charge on any atom is -0.467 e. The number of hydrogen-bond acceptors (Lipinski definition) is 8. The molecule has 0 spiro atoms. The van der Waals surface area contributed by atoms with E-state index >= 15 is 0 Å². The van der Waals surface area contributed by atoms with Crippen molar-refractivity contribution in [1.82, 2.24) is 5.32 Å². The normalized spacial score (nSPS) is 18.8. The zero-order chi connectivity index (χ0) is 21.6. The molecule has 0 aromatic carbocycles. The summed E-state index contributed by atoms with van der Waals surface area (Å²) in [6.45, 7) is 6.41. The summed E-state index contributed by atoms with van der Waals surface area (Å²) < 4.78 is 35.9. The molecule has 2 atom stereocenters. The first kappa shape index (κ1) is 24.2. The fraction of sp³-hybridized carbons (Fsp3) is 0.833. The van der Waals surface area contributed by atoms with Crippen molar-refractivity contribution in [2.24, 2.45) is 0 Å². The van der Waals surface area contributed by atoms with Crippen LogP contribution < -0.4 is 5.32 Å². The van der Waals surface area contributed by atoms with Crippen LogP contribution in [0, 0.1) is 4.78 Å². The number of alkyl carbamates (subject to hydrolysis) is 1. The Morgan fingerprint density at radius 3 is 2.25 bits per heavy atom. The van der Waals surface area contributed by atoms with Gasteiger partial charge in [0.1, 0.15) is 17.2 Å². The van der Waals surface area contributed by atoms with Crippen molar-refractivity contribution >= 4 is 27.8 Å². The highest BCUT2D eigenvalue weighted by molar-refractivity contribution is 7.92. The molecule has 28 heavy (non-hydrogen) atoms. The van der Waals surface area contributed by atoms with E-state index in [0.717, 1.165) is 6.42 Å². The van der Waals surface area contributed by atoms with Gasteiger partial charge in [-0.25, -0.2) is 13.8 Å². The Kier molecular flexibility index (Phi) is 8.28. The first-order valence-electron chi connectivity index (χ1n) is 9.29. The summed E-state index contributed by atoms with van der Waals surface area (Å²) in [6.07, 6.45) is 1.87. The molecule has 162 valence electrons. The van der Waals surface area contributed by atoms with E-state index in [-0.39, 0.29) is 23.9 Å². The lowest BCUT2D eigenvalue weighted by Gasteiger charge is -2.41. The molecule has 0 unspecified atom stereocenters. The molecule has 1 aliphatic rings. The van der Waals surface area contributed by atoms with Crippen LogP contribution in [0.5, 0.6) is 0 Å². The second-order valence-corrected chi connectivity index (χ2v) is 10.6. The highest BCUT2D eigenvalue weighted by atomic mass is 32.2. The minimum atomic E-state index is -3.03. The second kappa shape index (κ2) is 9.58. The molecule has 10 heteroatoms. The van der Waals surface area contributed by atoms with Crippen LogP contribution in [0.3, 0.4) is 0 Å². The third-order valence-corrected chi connectivity index (χ3v) is 6.18. The van der Waals surface area contributed by atoms with Gasteiger partial charge in [-0.05, 0) is 52.9 Å². The average Bonchev–Trinajstić information content (AvgIpc) is 2.51. The lowest BCUT2D eigenvalue weighted by Crippen LogP contribution is -2.45. The third kappa shape index (κ3) is 8.45. The Hall–Kier alpha value is -1.84. The van der Waals surface area contributed by atoms with Crippen LogP contribution in [-0.4, -0.2) is 58.1 Å². The zero-order valence-corrected chi connectivity index (χ0v) is 18.1. The van der Waals surface area contributed by atoms with E-state index in [1.54, 1.807) is 20.8 Å². The van der Waals surface area contributed by atoms with Gasteiger partial charge in [-0.1, -0.05) is 0 Å². The molecule has 1 amide bonds. The van der Waals surface area contributed by atoms with Crippen molar-refractivity contribution < 1.29 is 32.8 Å². The van der Waals surface area contributed by atoms with Crippen LogP contribution in [0.25, 0.3) is 0 Å². The topological polar surface area (TPSA) is 132 Å². The minimum absolute atomic E-state index is 0.0190. The Labute approximate surface area is 166 Å². The zero-order valence-electron chi connectivity index (χ0n) is 17.3. The Morgan fingerprint density at radius 1 is 1.21 bits per heavy atom. The fourth-order valence-electron chi connectivity index (χ4n) is 2.88. The monoisotopic (exact) mass is 420 g/mol. The number of carbonyl (C=O) groups excluding carboxylic acids is 3. The molecule has 2 N–H and O–H groups in total. The van der Waals surface area contributed by atoms with Gasteiger partial charge in [-0.15, -0.1) is 0 Å². The Balaban J connectivity index is 2.63. The number of hydrogen-bond donors (Lipinski definition) is 2. The first-order valence-corrected chi connectivity index (χ1v) is 11.2. The summed E-state index contributed by atoms with van der Waals surface area (Å²) in [5.41, 5.74) is -1.35. The number of amides is 1. The molecule has 1 saturated carbocycles. The van der Waals surface area contributed by atoms with Gasteiger partial charge in [0.2, 0.25) is 0 Å². The number of methoxy groups -OCH3 is 1. The van der Waals surface area contributed by atoms with Gasteiger partial charge >= 0.3 is 18.0 Å². The molecule has 0 aliphatic heterocycles. The molecule has 1 fully saturated rings. The predicted octanol–water partition coefficient (Wildman–Crippen LogP) is 2.37. The van der Waals surface area contributed by atoms with Crippen molar-refractivity contribution in [2.75, 3.05) is 18.6 Å². The maximum atomic E-state index is 12.6. The van der Waals surface area contributed by atoms with Crippen LogP contribution >= 0.6 is 0 Å². The Bertz CT molecular complexity index is 679. The standard InChI is InChI=1S/C18H32N2O7S/c1-13(21)26-18(8-6-9-18)10-12-28(19,24)11-7-14(15(22)25-5)20-16(23)27-17(2,3)4/h14,19H,6-12H2,1-5H3,(H,20,23)/t14-,28+/m0/s1.